The fourth-order valence-corrected chi connectivity index (χ4v) is 3.95. The molecule has 1 atom stereocenters. The Balaban J connectivity index is 1.86. The first-order valence-corrected chi connectivity index (χ1v) is 10.2. The molecule has 1 aliphatic rings. The maximum atomic E-state index is 14.2. The number of likely N-dealkylation sites (N-methyl/N-ethyl adjacent to an activating group) is 1. The van der Waals surface area contributed by atoms with Crippen molar-refractivity contribution in [3.05, 3.63) is 70.0 Å². The highest BCUT2D eigenvalue weighted by atomic mass is 35.5. The van der Waals surface area contributed by atoms with E-state index in [0.717, 1.165) is 11.1 Å². The van der Waals surface area contributed by atoms with Gasteiger partial charge in [-0.25, -0.2) is 4.39 Å². The van der Waals surface area contributed by atoms with Crippen molar-refractivity contribution in [1.29, 1.82) is 0 Å². The molecule has 0 N–H and O–H groups in total. The average Bonchev–Trinajstić information content (AvgIpc) is 2.68. The number of fused-ring (bicyclic) bond motifs is 1. The molecule has 0 aliphatic carbocycles. The van der Waals surface area contributed by atoms with Gasteiger partial charge < -0.3 is 9.80 Å². The van der Waals surface area contributed by atoms with Crippen molar-refractivity contribution < 1.29 is 14.0 Å². The van der Waals surface area contributed by atoms with Crippen LogP contribution in [0.4, 0.5) is 4.39 Å². The first-order valence-electron chi connectivity index (χ1n) is 9.82. The van der Waals surface area contributed by atoms with Crippen LogP contribution in [0.15, 0.2) is 42.5 Å². The third-order valence-electron chi connectivity index (χ3n) is 5.27. The van der Waals surface area contributed by atoms with Crippen molar-refractivity contribution in [1.82, 2.24) is 9.80 Å². The van der Waals surface area contributed by atoms with Gasteiger partial charge >= 0.3 is 0 Å². The van der Waals surface area contributed by atoms with Crippen LogP contribution in [-0.2, 0) is 29.1 Å². The van der Waals surface area contributed by atoms with E-state index in [1.165, 1.54) is 17.0 Å². The Labute approximate surface area is 176 Å². The second-order valence-electron chi connectivity index (χ2n) is 8.00. The van der Waals surface area contributed by atoms with Gasteiger partial charge in [-0.2, -0.15) is 0 Å². The van der Waals surface area contributed by atoms with Crippen LogP contribution in [0.25, 0.3) is 0 Å². The molecule has 0 fully saturated rings. The minimum atomic E-state index is -0.605. The fourth-order valence-electron chi connectivity index (χ4n) is 3.73. The van der Waals surface area contributed by atoms with Gasteiger partial charge in [0.2, 0.25) is 11.8 Å². The number of hydrogen-bond acceptors (Lipinski definition) is 2. The van der Waals surface area contributed by atoms with Gasteiger partial charge in [0.05, 0.1) is 0 Å². The predicted molar refractivity (Wildman–Crippen MR) is 112 cm³/mol. The van der Waals surface area contributed by atoms with Crippen LogP contribution in [0.1, 0.15) is 37.0 Å². The number of hydrogen-bond donors (Lipinski definition) is 0. The molecule has 29 heavy (non-hydrogen) atoms. The number of amides is 2. The monoisotopic (exact) mass is 416 g/mol. The molecule has 0 spiro atoms. The molecule has 1 aliphatic heterocycles. The largest absolute Gasteiger partial charge is 0.339 e. The predicted octanol–water partition coefficient (Wildman–Crippen LogP) is 4.44. The minimum absolute atomic E-state index is 0.0369. The van der Waals surface area contributed by atoms with E-state index in [0.29, 0.717) is 19.4 Å². The second kappa shape index (κ2) is 8.95. The van der Waals surface area contributed by atoms with Gasteiger partial charge in [-0.15, -0.1) is 0 Å². The number of benzene rings is 2. The summed E-state index contributed by atoms with van der Waals surface area (Å²) in [5.41, 5.74) is 2.41. The summed E-state index contributed by atoms with van der Waals surface area (Å²) in [4.78, 5) is 29.3. The summed E-state index contributed by atoms with van der Waals surface area (Å²) in [6, 6.07) is 11.7. The summed E-state index contributed by atoms with van der Waals surface area (Å²) in [5, 5.41) is 0.284. The Bertz CT molecular complexity index is 895. The van der Waals surface area contributed by atoms with Crippen LogP contribution < -0.4 is 0 Å². The smallest absolute Gasteiger partial charge is 0.245 e. The summed E-state index contributed by atoms with van der Waals surface area (Å²) < 4.78 is 14.2. The highest BCUT2D eigenvalue weighted by Gasteiger charge is 2.36. The Kier molecular flexibility index (Phi) is 6.58. The van der Waals surface area contributed by atoms with Crippen LogP contribution in [0.5, 0.6) is 0 Å². The van der Waals surface area contributed by atoms with E-state index in [1.54, 1.807) is 18.0 Å². The van der Waals surface area contributed by atoms with Gasteiger partial charge in [0, 0.05) is 43.6 Å². The second-order valence-corrected chi connectivity index (χ2v) is 8.41. The van der Waals surface area contributed by atoms with Crippen molar-refractivity contribution in [3.63, 3.8) is 0 Å². The first kappa shape index (κ1) is 21.3. The highest BCUT2D eigenvalue weighted by molar-refractivity contribution is 6.31. The molecule has 4 nitrogen and oxygen atoms in total. The molecular weight excluding hydrogens is 391 g/mol. The van der Waals surface area contributed by atoms with Gasteiger partial charge in [-0.3, -0.25) is 9.59 Å². The summed E-state index contributed by atoms with van der Waals surface area (Å²) in [7, 11) is 1.62. The van der Waals surface area contributed by atoms with Crippen molar-refractivity contribution in [3.8, 4) is 0 Å². The molecule has 154 valence electrons. The first-order chi connectivity index (χ1) is 13.8. The molecule has 6 heteroatoms. The lowest BCUT2D eigenvalue weighted by Gasteiger charge is -2.38. The molecule has 2 amide bonds. The molecule has 1 unspecified atom stereocenters. The van der Waals surface area contributed by atoms with E-state index < -0.39 is 11.9 Å². The third kappa shape index (κ3) is 4.78. The highest BCUT2D eigenvalue weighted by Crippen LogP contribution is 2.27. The molecular formula is C23H26ClFN2O2. The SMILES string of the molecule is CC(C)CC(=O)N1Cc2ccccc2CC1C(=O)N(C)Cc1c(F)cccc1Cl. The normalized spacial score (nSPS) is 15.9. The number of carbonyl (C=O) groups excluding carboxylic acids is 2. The molecule has 0 bridgehead atoms. The zero-order valence-corrected chi connectivity index (χ0v) is 17.7. The molecule has 1 heterocycles. The number of nitrogens with zero attached hydrogens (tertiary/aromatic N) is 2. The van der Waals surface area contributed by atoms with E-state index in [4.69, 9.17) is 11.6 Å². The number of rotatable bonds is 5. The summed E-state index contributed by atoms with van der Waals surface area (Å²) >= 11 is 6.12. The van der Waals surface area contributed by atoms with E-state index in [-0.39, 0.29) is 34.9 Å². The molecule has 0 saturated heterocycles. The van der Waals surface area contributed by atoms with Crippen LogP contribution in [0.3, 0.4) is 0 Å². The van der Waals surface area contributed by atoms with E-state index in [9.17, 15) is 14.0 Å². The standard InChI is InChI=1S/C23H26ClFN2O2/c1-15(2)11-22(28)27-13-17-8-5-4-7-16(17)12-21(27)23(29)26(3)14-18-19(24)9-6-10-20(18)25/h4-10,15,21H,11-14H2,1-3H3. The zero-order valence-electron chi connectivity index (χ0n) is 17.0. The quantitative estimate of drug-likeness (QED) is 0.723. The van der Waals surface area contributed by atoms with Gasteiger partial charge in [0.15, 0.2) is 0 Å². The van der Waals surface area contributed by atoms with Gasteiger partial charge in [0.1, 0.15) is 11.9 Å². The van der Waals surface area contributed by atoms with E-state index >= 15 is 0 Å². The summed E-state index contributed by atoms with van der Waals surface area (Å²) in [6.45, 7) is 4.43. The van der Waals surface area contributed by atoms with Crippen molar-refractivity contribution >= 4 is 23.4 Å². The van der Waals surface area contributed by atoms with Gasteiger partial charge in [-0.1, -0.05) is 55.8 Å². The maximum Gasteiger partial charge on any atom is 0.245 e. The number of carbonyl (C=O) groups is 2. The van der Waals surface area contributed by atoms with Crippen LogP contribution in [0.2, 0.25) is 5.02 Å². The van der Waals surface area contributed by atoms with Crippen molar-refractivity contribution in [2.45, 2.75) is 45.8 Å². The molecule has 2 aromatic rings. The topological polar surface area (TPSA) is 40.6 Å². The van der Waals surface area contributed by atoms with Crippen LogP contribution >= 0.6 is 11.6 Å². The van der Waals surface area contributed by atoms with Crippen molar-refractivity contribution in [2.75, 3.05) is 7.05 Å². The van der Waals surface area contributed by atoms with E-state index in [1.807, 2.05) is 38.1 Å². The van der Waals surface area contributed by atoms with Gasteiger partial charge in [-0.05, 0) is 29.2 Å². The van der Waals surface area contributed by atoms with Gasteiger partial charge in [0.25, 0.3) is 0 Å². The molecule has 0 radical (unpaired) electrons. The number of halogens is 2. The molecule has 0 saturated carbocycles. The lowest BCUT2D eigenvalue weighted by Crippen LogP contribution is -2.53. The van der Waals surface area contributed by atoms with Crippen LogP contribution in [0, 0.1) is 11.7 Å². The maximum absolute atomic E-state index is 14.2. The Morgan fingerprint density at radius 2 is 1.86 bits per heavy atom. The fraction of sp³-hybridized carbons (Fsp3) is 0.391. The summed E-state index contributed by atoms with van der Waals surface area (Å²) in [5.74, 6) is -0.495. The van der Waals surface area contributed by atoms with E-state index in [2.05, 4.69) is 0 Å². The Morgan fingerprint density at radius 1 is 1.17 bits per heavy atom. The van der Waals surface area contributed by atoms with Crippen molar-refractivity contribution in [2.24, 2.45) is 5.92 Å². The lowest BCUT2D eigenvalue weighted by molar-refractivity contribution is -0.147. The molecule has 0 aromatic heterocycles. The Morgan fingerprint density at radius 3 is 2.52 bits per heavy atom. The third-order valence-corrected chi connectivity index (χ3v) is 5.62. The molecule has 2 aromatic carbocycles. The minimum Gasteiger partial charge on any atom is -0.339 e. The lowest BCUT2D eigenvalue weighted by atomic mass is 9.92. The summed E-state index contributed by atoms with van der Waals surface area (Å²) in [6.07, 6.45) is 0.836. The Hall–Kier alpha value is -2.40. The average molecular weight is 417 g/mol. The zero-order chi connectivity index (χ0) is 21.1. The molecule has 3 rings (SSSR count). The van der Waals surface area contributed by atoms with Crippen LogP contribution in [-0.4, -0.2) is 34.7 Å².